The van der Waals surface area contributed by atoms with Gasteiger partial charge in [-0.15, -0.1) is 0 Å². The average Bonchev–Trinajstić information content (AvgIpc) is 2.83. The Morgan fingerprint density at radius 2 is 1.43 bits per heavy atom. The minimum atomic E-state index is -1.70. The van der Waals surface area contributed by atoms with Crippen LogP contribution in [0.15, 0.2) is 35.3 Å². The Balaban J connectivity index is 2.82. The highest BCUT2D eigenvalue weighted by Crippen LogP contribution is 2.04. The largest absolute Gasteiger partial charge is 0.481 e. The number of aliphatic hydroxyl groups is 1. The number of hydrogen-bond acceptors (Lipinski definition) is 8. The van der Waals surface area contributed by atoms with Gasteiger partial charge in [0.05, 0.1) is 19.1 Å². The Kier molecular flexibility index (Phi) is 13.1. The van der Waals surface area contributed by atoms with Gasteiger partial charge in [-0.1, -0.05) is 30.3 Å². The number of aliphatic carboxylic acids is 2. The van der Waals surface area contributed by atoms with Crippen molar-refractivity contribution in [3.63, 3.8) is 0 Å². The maximum absolute atomic E-state index is 12.6. The molecule has 0 saturated heterocycles. The SMILES string of the molecule is NC(N)=NCCCC(NC(=O)C(CC(=O)O)NC(=O)C(CO)NC(=O)C(N)Cc1ccccc1)C(=O)O. The third kappa shape index (κ3) is 11.8. The first kappa shape index (κ1) is 30.8. The van der Waals surface area contributed by atoms with Gasteiger partial charge in [0, 0.05) is 6.54 Å². The molecule has 0 aliphatic carbocycles. The predicted octanol–water partition coefficient (Wildman–Crippen LogP) is -3.38. The van der Waals surface area contributed by atoms with Crippen LogP contribution in [0.25, 0.3) is 0 Å². The number of carboxylic acids is 2. The van der Waals surface area contributed by atoms with Crippen molar-refractivity contribution >= 4 is 35.6 Å². The second-order valence-corrected chi connectivity index (χ2v) is 8.05. The first-order valence-electron chi connectivity index (χ1n) is 11.3. The van der Waals surface area contributed by atoms with E-state index in [1.165, 1.54) is 0 Å². The monoisotopic (exact) mass is 523 g/mol. The highest BCUT2D eigenvalue weighted by molar-refractivity contribution is 5.95. The number of amides is 3. The van der Waals surface area contributed by atoms with Crippen LogP contribution in [0.4, 0.5) is 0 Å². The van der Waals surface area contributed by atoms with E-state index in [1.807, 2.05) is 0 Å². The molecule has 37 heavy (non-hydrogen) atoms. The van der Waals surface area contributed by atoms with Gasteiger partial charge in [0.2, 0.25) is 17.7 Å². The minimum absolute atomic E-state index is 0.0831. The lowest BCUT2D eigenvalue weighted by Crippen LogP contribution is -2.58. The molecule has 4 atom stereocenters. The van der Waals surface area contributed by atoms with Crippen LogP contribution in [-0.4, -0.2) is 88.3 Å². The maximum Gasteiger partial charge on any atom is 0.326 e. The molecule has 15 heteroatoms. The zero-order chi connectivity index (χ0) is 28.0. The van der Waals surface area contributed by atoms with Crippen LogP contribution in [0, 0.1) is 0 Å². The molecule has 0 saturated carbocycles. The first-order valence-corrected chi connectivity index (χ1v) is 11.3. The quantitative estimate of drug-likeness (QED) is 0.0585. The van der Waals surface area contributed by atoms with E-state index in [1.54, 1.807) is 30.3 Å². The molecule has 15 nitrogen and oxygen atoms in total. The third-order valence-corrected chi connectivity index (χ3v) is 5.02. The molecular formula is C22H33N7O8. The summed E-state index contributed by atoms with van der Waals surface area (Å²) in [7, 11) is 0. The summed E-state index contributed by atoms with van der Waals surface area (Å²) in [4.78, 5) is 64.1. The van der Waals surface area contributed by atoms with Crippen LogP contribution in [0.2, 0.25) is 0 Å². The van der Waals surface area contributed by atoms with Crippen molar-refractivity contribution in [3.05, 3.63) is 35.9 Å². The number of nitrogens with zero attached hydrogens (tertiary/aromatic N) is 1. The van der Waals surface area contributed by atoms with E-state index in [-0.39, 0.29) is 31.8 Å². The molecule has 1 rings (SSSR count). The maximum atomic E-state index is 12.6. The van der Waals surface area contributed by atoms with Gasteiger partial charge < -0.3 is 48.5 Å². The van der Waals surface area contributed by atoms with Gasteiger partial charge >= 0.3 is 11.9 Å². The van der Waals surface area contributed by atoms with Crippen molar-refractivity contribution < 1.29 is 39.3 Å². The van der Waals surface area contributed by atoms with Crippen molar-refractivity contribution in [1.82, 2.24) is 16.0 Å². The van der Waals surface area contributed by atoms with Crippen LogP contribution < -0.4 is 33.2 Å². The lowest BCUT2D eigenvalue weighted by atomic mass is 10.1. The van der Waals surface area contributed by atoms with Gasteiger partial charge in [-0.25, -0.2) is 4.79 Å². The van der Waals surface area contributed by atoms with Crippen molar-refractivity contribution in [2.45, 2.75) is 49.9 Å². The lowest BCUT2D eigenvalue weighted by Gasteiger charge is -2.23. The molecule has 12 N–H and O–H groups in total. The number of hydrogen-bond donors (Lipinski definition) is 9. The van der Waals surface area contributed by atoms with Crippen molar-refractivity contribution in [1.29, 1.82) is 0 Å². The zero-order valence-corrected chi connectivity index (χ0v) is 20.0. The number of aliphatic imine (C=N–C) groups is 1. The number of nitrogens with one attached hydrogen (secondary N) is 3. The molecule has 4 unspecified atom stereocenters. The van der Waals surface area contributed by atoms with E-state index in [9.17, 15) is 34.2 Å². The number of carbonyl (C=O) groups excluding carboxylic acids is 3. The molecule has 0 aromatic heterocycles. The number of aliphatic hydroxyl groups excluding tert-OH is 1. The van der Waals surface area contributed by atoms with E-state index < -0.39 is 66.9 Å². The zero-order valence-electron chi connectivity index (χ0n) is 20.0. The summed E-state index contributed by atoms with van der Waals surface area (Å²) >= 11 is 0. The molecule has 1 aromatic carbocycles. The lowest BCUT2D eigenvalue weighted by molar-refractivity contribution is -0.143. The topological polar surface area (TPSA) is 273 Å². The molecule has 0 spiro atoms. The molecule has 0 fully saturated rings. The highest BCUT2D eigenvalue weighted by atomic mass is 16.4. The molecule has 0 bridgehead atoms. The molecular weight excluding hydrogens is 490 g/mol. The predicted molar refractivity (Wildman–Crippen MR) is 131 cm³/mol. The van der Waals surface area contributed by atoms with E-state index in [4.69, 9.17) is 22.3 Å². The summed E-state index contributed by atoms with van der Waals surface area (Å²) in [5, 5.41) is 34.6. The van der Waals surface area contributed by atoms with Crippen molar-refractivity contribution in [3.8, 4) is 0 Å². The smallest absolute Gasteiger partial charge is 0.326 e. The molecule has 0 heterocycles. The molecule has 0 radical (unpaired) electrons. The fraction of sp³-hybridized carbons (Fsp3) is 0.455. The van der Waals surface area contributed by atoms with Gasteiger partial charge in [-0.05, 0) is 24.8 Å². The summed E-state index contributed by atoms with van der Waals surface area (Å²) in [6, 6.07) is 3.09. The number of rotatable bonds is 16. The minimum Gasteiger partial charge on any atom is -0.481 e. The molecule has 0 aliphatic heterocycles. The molecule has 3 amide bonds. The molecule has 0 aliphatic rings. The Labute approximate surface area is 212 Å². The second-order valence-electron chi connectivity index (χ2n) is 8.05. The number of carbonyl (C=O) groups is 5. The van der Waals surface area contributed by atoms with Crippen molar-refractivity contribution in [2.24, 2.45) is 22.2 Å². The van der Waals surface area contributed by atoms with Gasteiger partial charge in [0.1, 0.15) is 18.1 Å². The fourth-order valence-corrected chi connectivity index (χ4v) is 3.12. The number of guanidine groups is 1. The summed E-state index contributed by atoms with van der Waals surface area (Å²) in [5.41, 5.74) is 17.0. The van der Waals surface area contributed by atoms with E-state index in [0.717, 1.165) is 5.56 Å². The normalized spacial score (nSPS) is 13.8. The number of carboxylic acid groups (broad SMARTS) is 2. The van der Waals surface area contributed by atoms with Crippen LogP contribution >= 0.6 is 0 Å². The Morgan fingerprint density at radius 3 is 1.97 bits per heavy atom. The average molecular weight is 524 g/mol. The van der Waals surface area contributed by atoms with Crippen molar-refractivity contribution in [2.75, 3.05) is 13.2 Å². The van der Waals surface area contributed by atoms with Crippen LogP contribution in [0.3, 0.4) is 0 Å². The number of nitrogens with two attached hydrogens (primary N) is 3. The standard InChI is InChI=1S/C22H33N7O8/c23-13(9-12-5-2-1-3-6-12)18(33)29-16(11-30)20(35)28-15(10-17(31)32)19(34)27-14(21(36)37)7-4-8-26-22(24)25/h1-3,5-6,13-16,30H,4,7-11,23H2,(H,27,34)(H,28,35)(H,29,33)(H,31,32)(H,36,37)(H4,24,25,26). The molecule has 204 valence electrons. The Bertz CT molecular complexity index is 969. The van der Waals surface area contributed by atoms with Crippen LogP contribution in [0.5, 0.6) is 0 Å². The van der Waals surface area contributed by atoms with Gasteiger partial charge in [-0.3, -0.25) is 24.2 Å². The van der Waals surface area contributed by atoms with Gasteiger partial charge in [0.15, 0.2) is 5.96 Å². The Hall–Kier alpha value is -4.24. The van der Waals surface area contributed by atoms with Crippen LogP contribution in [-0.2, 0) is 30.4 Å². The molecule has 1 aromatic rings. The van der Waals surface area contributed by atoms with Crippen LogP contribution in [0.1, 0.15) is 24.8 Å². The highest BCUT2D eigenvalue weighted by Gasteiger charge is 2.31. The fourth-order valence-electron chi connectivity index (χ4n) is 3.12. The first-order chi connectivity index (χ1) is 17.4. The van der Waals surface area contributed by atoms with Gasteiger partial charge in [0.25, 0.3) is 0 Å². The second kappa shape index (κ2) is 15.7. The summed E-state index contributed by atoms with van der Waals surface area (Å²) in [6.45, 7) is -0.777. The summed E-state index contributed by atoms with van der Waals surface area (Å²) in [5.74, 6) is -5.96. The summed E-state index contributed by atoms with van der Waals surface area (Å²) in [6.07, 6.45) is -0.638. The van der Waals surface area contributed by atoms with E-state index in [0.29, 0.717) is 0 Å². The van der Waals surface area contributed by atoms with Gasteiger partial charge in [-0.2, -0.15) is 0 Å². The third-order valence-electron chi connectivity index (χ3n) is 5.02. The van der Waals surface area contributed by atoms with E-state index >= 15 is 0 Å². The Morgan fingerprint density at radius 1 is 0.865 bits per heavy atom. The van der Waals surface area contributed by atoms with E-state index in [2.05, 4.69) is 20.9 Å². The summed E-state index contributed by atoms with van der Waals surface area (Å²) < 4.78 is 0. The number of benzene rings is 1.